The van der Waals surface area contributed by atoms with Crippen molar-refractivity contribution in [2.75, 3.05) is 31.1 Å². The van der Waals surface area contributed by atoms with Gasteiger partial charge in [0.2, 0.25) is 0 Å². The summed E-state index contributed by atoms with van der Waals surface area (Å²) in [5.41, 5.74) is 1.68. The summed E-state index contributed by atoms with van der Waals surface area (Å²) < 4.78 is 5.84. The Morgan fingerprint density at radius 1 is 1.08 bits per heavy atom. The summed E-state index contributed by atoms with van der Waals surface area (Å²) >= 11 is 0. The van der Waals surface area contributed by atoms with Crippen LogP contribution in [-0.2, 0) is 0 Å². The van der Waals surface area contributed by atoms with Gasteiger partial charge in [-0.1, -0.05) is 18.2 Å². The number of anilines is 1. The lowest BCUT2D eigenvalue weighted by atomic mass is 10.1. The first-order chi connectivity index (χ1) is 12.2. The second kappa shape index (κ2) is 6.55. The third-order valence-electron chi connectivity index (χ3n) is 4.70. The first-order valence-electron chi connectivity index (χ1n) is 8.54. The fourth-order valence-electron chi connectivity index (χ4n) is 3.33. The largest absolute Gasteiger partial charge is 0.451 e. The van der Waals surface area contributed by atoms with E-state index in [0.29, 0.717) is 18.8 Å². The maximum absolute atomic E-state index is 13.0. The number of fused-ring (bicyclic) bond motifs is 1. The summed E-state index contributed by atoms with van der Waals surface area (Å²) in [6, 6.07) is 11.6. The molecule has 3 aromatic rings. The van der Waals surface area contributed by atoms with Gasteiger partial charge in [0, 0.05) is 43.3 Å². The van der Waals surface area contributed by atoms with Gasteiger partial charge < -0.3 is 14.2 Å². The summed E-state index contributed by atoms with van der Waals surface area (Å²) in [5.74, 6) is 1.28. The van der Waals surface area contributed by atoms with Crippen LogP contribution >= 0.6 is 0 Å². The topological polar surface area (TPSA) is 62.5 Å². The van der Waals surface area contributed by atoms with E-state index in [0.717, 1.165) is 41.9 Å². The number of benzene rings is 1. The highest BCUT2D eigenvalue weighted by Gasteiger charge is 2.25. The van der Waals surface area contributed by atoms with Gasteiger partial charge in [0.05, 0.1) is 0 Å². The first-order valence-corrected chi connectivity index (χ1v) is 8.54. The number of aromatic nitrogens is 2. The van der Waals surface area contributed by atoms with Crippen LogP contribution in [0.5, 0.6) is 0 Å². The first kappa shape index (κ1) is 15.6. The van der Waals surface area contributed by atoms with Gasteiger partial charge >= 0.3 is 0 Å². The predicted octanol–water partition coefficient (Wildman–Crippen LogP) is 2.88. The molecule has 3 heterocycles. The minimum absolute atomic E-state index is 0.0327. The molecule has 0 atom stereocenters. The maximum Gasteiger partial charge on any atom is 0.289 e. The van der Waals surface area contributed by atoms with Gasteiger partial charge in [0.25, 0.3) is 5.91 Å². The van der Waals surface area contributed by atoms with Crippen molar-refractivity contribution in [3.63, 3.8) is 0 Å². The van der Waals surface area contributed by atoms with Gasteiger partial charge in [-0.3, -0.25) is 4.79 Å². The molecule has 0 unspecified atom stereocenters. The summed E-state index contributed by atoms with van der Waals surface area (Å²) in [6.07, 6.45) is 2.56. The van der Waals surface area contributed by atoms with Gasteiger partial charge in [-0.05, 0) is 31.5 Å². The van der Waals surface area contributed by atoms with Crippen LogP contribution in [0.25, 0.3) is 11.0 Å². The average molecular weight is 336 g/mol. The zero-order valence-electron chi connectivity index (χ0n) is 14.2. The smallest absolute Gasteiger partial charge is 0.289 e. The molecule has 0 spiro atoms. The molecule has 0 bridgehead atoms. The van der Waals surface area contributed by atoms with Crippen molar-refractivity contribution in [2.24, 2.45) is 0 Å². The molecular weight excluding hydrogens is 316 g/mol. The minimum atomic E-state index is -0.0327. The fourth-order valence-corrected chi connectivity index (χ4v) is 3.33. The zero-order valence-corrected chi connectivity index (χ0v) is 14.2. The highest BCUT2D eigenvalue weighted by molar-refractivity contribution is 5.98. The van der Waals surface area contributed by atoms with E-state index in [1.54, 1.807) is 6.20 Å². The molecule has 1 fully saturated rings. The van der Waals surface area contributed by atoms with E-state index in [-0.39, 0.29) is 5.91 Å². The number of hydrogen-bond donors (Lipinski definition) is 0. The van der Waals surface area contributed by atoms with Gasteiger partial charge in [-0.25, -0.2) is 0 Å². The molecule has 4 rings (SSSR count). The van der Waals surface area contributed by atoms with Crippen molar-refractivity contribution in [2.45, 2.75) is 13.3 Å². The van der Waals surface area contributed by atoms with Gasteiger partial charge in [-0.2, -0.15) is 5.10 Å². The molecular formula is C19H20N4O2. The Balaban J connectivity index is 1.53. The standard InChI is InChI=1S/C19H20N4O2/c1-14-15-6-2-3-7-16(15)25-18(14)19(24)23-11-5-10-22(12-13-23)17-8-4-9-20-21-17/h2-4,6-9H,5,10-13H2,1H3. The Morgan fingerprint density at radius 3 is 2.76 bits per heavy atom. The summed E-state index contributed by atoms with van der Waals surface area (Å²) in [7, 11) is 0. The van der Waals surface area contributed by atoms with Crippen molar-refractivity contribution in [3.05, 3.63) is 53.9 Å². The van der Waals surface area contributed by atoms with Crippen LogP contribution in [-0.4, -0.2) is 47.2 Å². The molecule has 2 aromatic heterocycles. The highest BCUT2D eigenvalue weighted by atomic mass is 16.3. The molecule has 1 aromatic carbocycles. The van der Waals surface area contributed by atoms with Crippen molar-refractivity contribution < 1.29 is 9.21 Å². The van der Waals surface area contributed by atoms with Crippen LogP contribution < -0.4 is 4.90 Å². The summed E-state index contributed by atoms with van der Waals surface area (Å²) in [5, 5.41) is 9.11. The number of carbonyl (C=O) groups excluding carboxylic acids is 1. The molecule has 1 aliphatic rings. The van der Waals surface area contributed by atoms with Crippen LogP contribution in [0.15, 0.2) is 47.0 Å². The molecule has 0 saturated carbocycles. The van der Waals surface area contributed by atoms with E-state index < -0.39 is 0 Å². The van der Waals surface area contributed by atoms with E-state index in [4.69, 9.17) is 4.42 Å². The second-order valence-corrected chi connectivity index (χ2v) is 6.27. The Labute approximate surface area is 146 Å². The summed E-state index contributed by atoms with van der Waals surface area (Å²) in [4.78, 5) is 17.0. The lowest BCUT2D eigenvalue weighted by molar-refractivity contribution is 0.0736. The van der Waals surface area contributed by atoms with Crippen molar-refractivity contribution in [3.8, 4) is 0 Å². The minimum Gasteiger partial charge on any atom is -0.451 e. The lowest BCUT2D eigenvalue weighted by Crippen LogP contribution is -2.35. The SMILES string of the molecule is Cc1c(C(=O)N2CCCN(c3cccnn3)CC2)oc2ccccc12. The van der Waals surface area contributed by atoms with E-state index in [1.807, 2.05) is 48.2 Å². The van der Waals surface area contributed by atoms with Crippen molar-refractivity contribution >= 4 is 22.7 Å². The Morgan fingerprint density at radius 2 is 1.96 bits per heavy atom. The molecule has 0 aliphatic carbocycles. The average Bonchev–Trinajstić information content (AvgIpc) is 2.84. The third-order valence-corrected chi connectivity index (χ3v) is 4.70. The van der Waals surface area contributed by atoms with E-state index in [2.05, 4.69) is 15.1 Å². The fraction of sp³-hybridized carbons (Fsp3) is 0.316. The number of amides is 1. The number of nitrogens with zero attached hydrogens (tertiary/aromatic N) is 4. The quantitative estimate of drug-likeness (QED) is 0.720. The Bertz CT molecular complexity index is 891. The molecule has 0 radical (unpaired) electrons. The molecule has 6 nitrogen and oxygen atoms in total. The predicted molar refractivity (Wildman–Crippen MR) is 95.7 cm³/mol. The summed E-state index contributed by atoms with van der Waals surface area (Å²) in [6.45, 7) is 4.91. The molecule has 1 aliphatic heterocycles. The molecule has 1 saturated heterocycles. The van der Waals surface area contributed by atoms with Crippen LogP contribution in [0.4, 0.5) is 5.82 Å². The lowest BCUT2D eigenvalue weighted by Gasteiger charge is -2.22. The highest BCUT2D eigenvalue weighted by Crippen LogP contribution is 2.26. The van der Waals surface area contributed by atoms with Crippen LogP contribution in [0.3, 0.4) is 0 Å². The molecule has 6 heteroatoms. The number of para-hydroxylation sites is 1. The number of rotatable bonds is 2. The van der Waals surface area contributed by atoms with E-state index >= 15 is 0 Å². The van der Waals surface area contributed by atoms with Crippen LogP contribution in [0.1, 0.15) is 22.5 Å². The van der Waals surface area contributed by atoms with E-state index in [1.165, 1.54) is 0 Å². The Hall–Kier alpha value is -2.89. The van der Waals surface area contributed by atoms with E-state index in [9.17, 15) is 4.79 Å². The molecule has 1 amide bonds. The normalized spacial score (nSPS) is 15.4. The number of carbonyl (C=O) groups is 1. The zero-order chi connectivity index (χ0) is 17.2. The van der Waals surface area contributed by atoms with Crippen LogP contribution in [0.2, 0.25) is 0 Å². The maximum atomic E-state index is 13.0. The third kappa shape index (κ3) is 2.95. The van der Waals surface area contributed by atoms with Crippen molar-refractivity contribution in [1.82, 2.24) is 15.1 Å². The molecule has 128 valence electrons. The van der Waals surface area contributed by atoms with Crippen LogP contribution in [0, 0.1) is 6.92 Å². The Kier molecular flexibility index (Phi) is 4.09. The monoisotopic (exact) mass is 336 g/mol. The van der Waals surface area contributed by atoms with Gasteiger partial charge in [0.1, 0.15) is 5.58 Å². The molecule has 0 N–H and O–H groups in total. The number of furan rings is 1. The number of hydrogen-bond acceptors (Lipinski definition) is 5. The van der Waals surface area contributed by atoms with Crippen molar-refractivity contribution in [1.29, 1.82) is 0 Å². The molecule has 25 heavy (non-hydrogen) atoms. The second-order valence-electron chi connectivity index (χ2n) is 6.27. The van der Waals surface area contributed by atoms with Gasteiger partial charge in [0.15, 0.2) is 11.6 Å². The van der Waals surface area contributed by atoms with Gasteiger partial charge in [-0.15, -0.1) is 5.10 Å². The number of aryl methyl sites for hydroxylation is 1.